The Hall–Kier alpha value is -1.76. The summed E-state index contributed by atoms with van der Waals surface area (Å²) in [4.78, 5) is 11.7. The first-order valence-electron chi connectivity index (χ1n) is 7.47. The van der Waals surface area contributed by atoms with E-state index in [2.05, 4.69) is 10.1 Å². The molecule has 0 unspecified atom stereocenters. The van der Waals surface area contributed by atoms with Crippen molar-refractivity contribution in [2.75, 3.05) is 6.54 Å². The number of carbonyl (C=O) groups excluding carboxylic acids is 1. The number of alkyl halides is 3. The molecule has 2 N–H and O–H groups in total. The number of aliphatic hydroxyl groups excluding tert-OH is 1. The van der Waals surface area contributed by atoms with Gasteiger partial charge < -0.3 is 15.2 Å². The molecule has 0 bridgehead atoms. The highest BCUT2D eigenvalue weighted by atomic mass is 19.4. The Balaban J connectivity index is 2.44. The SMILES string of the molecule is CC(C)[C@@H](O)CCNC(=O)CCc1ccccc1OC(F)(F)F. The molecule has 0 saturated heterocycles. The zero-order valence-electron chi connectivity index (χ0n) is 13.2. The van der Waals surface area contributed by atoms with Gasteiger partial charge in [-0.3, -0.25) is 4.79 Å². The summed E-state index contributed by atoms with van der Waals surface area (Å²) in [6, 6.07) is 5.75. The lowest BCUT2D eigenvalue weighted by Gasteiger charge is -2.15. The molecular weight excluding hydrogens is 311 g/mol. The summed E-state index contributed by atoms with van der Waals surface area (Å²) in [6.45, 7) is 4.09. The van der Waals surface area contributed by atoms with E-state index >= 15 is 0 Å². The van der Waals surface area contributed by atoms with E-state index in [4.69, 9.17) is 0 Å². The second-order valence-corrected chi connectivity index (χ2v) is 5.61. The second kappa shape index (κ2) is 8.76. The molecule has 1 aromatic rings. The predicted molar refractivity (Wildman–Crippen MR) is 79.9 cm³/mol. The van der Waals surface area contributed by atoms with Crippen LogP contribution in [0.1, 0.15) is 32.3 Å². The van der Waals surface area contributed by atoms with Crippen molar-refractivity contribution >= 4 is 5.91 Å². The molecule has 0 spiro atoms. The van der Waals surface area contributed by atoms with Crippen molar-refractivity contribution in [2.24, 2.45) is 5.92 Å². The lowest BCUT2D eigenvalue weighted by molar-refractivity contribution is -0.274. The molecule has 0 aliphatic heterocycles. The van der Waals surface area contributed by atoms with Gasteiger partial charge in [-0.25, -0.2) is 0 Å². The number of aliphatic hydroxyl groups is 1. The summed E-state index contributed by atoms with van der Waals surface area (Å²) in [7, 11) is 0. The Morgan fingerprint density at radius 1 is 1.30 bits per heavy atom. The molecule has 7 heteroatoms. The van der Waals surface area contributed by atoms with E-state index in [9.17, 15) is 23.1 Å². The number of amides is 1. The van der Waals surface area contributed by atoms with Crippen LogP contribution in [0.15, 0.2) is 24.3 Å². The van der Waals surface area contributed by atoms with E-state index in [0.717, 1.165) is 0 Å². The number of benzene rings is 1. The number of aryl methyl sites for hydroxylation is 1. The van der Waals surface area contributed by atoms with Crippen molar-refractivity contribution in [3.8, 4) is 5.75 Å². The van der Waals surface area contributed by atoms with Gasteiger partial charge in [-0.1, -0.05) is 32.0 Å². The van der Waals surface area contributed by atoms with Gasteiger partial charge in [0.05, 0.1) is 6.10 Å². The van der Waals surface area contributed by atoms with Crippen LogP contribution >= 0.6 is 0 Å². The summed E-state index contributed by atoms with van der Waals surface area (Å²) in [5.74, 6) is -0.455. The molecule has 0 fully saturated rings. The molecule has 0 saturated carbocycles. The molecule has 0 aliphatic rings. The highest BCUT2D eigenvalue weighted by Gasteiger charge is 2.31. The topological polar surface area (TPSA) is 58.6 Å². The average molecular weight is 333 g/mol. The fourth-order valence-electron chi connectivity index (χ4n) is 1.96. The summed E-state index contributed by atoms with van der Waals surface area (Å²) in [5, 5.41) is 12.3. The van der Waals surface area contributed by atoms with Gasteiger partial charge in [0.15, 0.2) is 0 Å². The first kappa shape index (κ1) is 19.3. The van der Waals surface area contributed by atoms with Crippen molar-refractivity contribution < 1.29 is 27.8 Å². The summed E-state index contributed by atoms with van der Waals surface area (Å²) < 4.78 is 40.8. The monoisotopic (exact) mass is 333 g/mol. The fraction of sp³-hybridized carbons (Fsp3) is 0.562. The van der Waals surface area contributed by atoms with Crippen molar-refractivity contribution in [3.63, 3.8) is 0 Å². The number of rotatable bonds is 8. The third kappa shape index (κ3) is 7.88. The van der Waals surface area contributed by atoms with Crippen LogP contribution in [0, 0.1) is 5.92 Å². The van der Waals surface area contributed by atoms with E-state index in [1.165, 1.54) is 18.2 Å². The van der Waals surface area contributed by atoms with Gasteiger partial charge in [0.1, 0.15) is 5.75 Å². The Bertz CT molecular complexity index is 504. The van der Waals surface area contributed by atoms with Crippen LogP contribution in [-0.4, -0.2) is 30.0 Å². The van der Waals surface area contributed by atoms with E-state index in [1.807, 2.05) is 13.8 Å². The number of para-hydroxylation sites is 1. The number of nitrogens with one attached hydrogen (secondary N) is 1. The Morgan fingerprint density at radius 2 is 1.96 bits per heavy atom. The van der Waals surface area contributed by atoms with Crippen LogP contribution in [-0.2, 0) is 11.2 Å². The molecule has 1 amide bonds. The molecule has 23 heavy (non-hydrogen) atoms. The van der Waals surface area contributed by atoms with Gasteiger partial charge in [0, 0.05) is 13.0 Å². The molecule has 0 radical (unpaired) electrons. The number of ether oxygens (including phenoxy) is 1. The zero-order chi connectivity index (χ0) is 17.5. The first-order chi connectivity index (χ1) is 10.7. The zero-order valence-corrected chi connectivity index (χ0v) is 13.2. The summed E-state index contributed by atoms with van der Waals surface area (Å²) in [5.41, 5.74) is 0.321. The minimum atomic E-state index is -4.76. The van der Waals surface area contributed by atoms with Gasteiger partial charge in [0.25, 0.3) is 0 Å². The minimum absolute atomic E-state index is 0.0516. The van der Waals surface area contributed by atoms with Gasteiger partial charge >= 0.3 is 6.36 Å². The molecular formula is C16H22F3NO3. The van der Waals surface area contributed by atoms with E-state index in [0.29, 0.717) is 18.5 Å². The van der Waals surface area contributed by atoms with Crippen LogP contribution in [0.25, 0.3) is 0 Å². The first-order valence-corrected chi connectivity index (χ1v) is 7.47. The van der Waals surface area contributed by atoms with Gasteiger partial charge in [0.2, 0.25) is 5.91 Å². The van der Waals surface area contributed by atoms with Crippen LogP contribution < -0.4 is 10.1 Å². The Morgan fingerprint density at radius 3 is 2.57 bits per heavy atom. The highest BCUT2D eigenvalue weighted by Crippen LogP contribution is 2.26. The lowest BCUT2D eigenvalue weighted by Crippen LogP contribution is -2.28. The van der Waals surface area contributed by atoms with Gasteiger partial charge in [-0.2, -0.15) is 0 Å². The van der Waals surface area contributed by atoms with Crippen molar-refractivity contribution in [1.29, 1.82) is 0 Å². The van der Waals surface area contributed by atoms with Gasteiger partial charge in [-0.05, 0) is 30.4 Å². The number of hydrogen-bond acceptors (Lipinski definition) is 3. The van der Waals surface area contributed by atoms with Crippen molar-refractivity contribution in [3.05, 3.63) is 29.8 Å². The van der Waals surface area contributed by atoms with Gasteiger partial charge in [-0.15, -0.1) is 13.2 Å². The van der Waals surface area contributed by atoms with E-state index in [1.54, 1.807) is 6.07 Å². The molecule has 0 heterocycles. The van der Waals surface area contributed by atoms with E-state index < -0.39 is 12.5 Å². The normalized spacial score (nSPS) is 13.0. The summed E-state index contributed by atoms with van der Waals surface area (Å²) in [6.07, 6.45) is -4.61. The maximum atomic E-state index is 12.3. The maximum Gasteiger partial charge on any atom is 0.573 e. The Kier molecular flexibility index (Phi) is 7.35. The average Bonchev–Trinajstić information content (AvgIpc) is 2.44. The van der Waals surface area contributed by atoms with Crippen molar-refractivity contribution in [2.45, 2.75) is 45.6 Å². The summed E-state index contributed by atoms with van der Waals surface area (Å²) >= 11 is 0. The number of carbonyl (C=O) groups is 1. The minimum Gasteiger partial charge on any atom is -0.406 e. The molecule has 1 rings (SSSR count). The second-order valence-electron chi connectivity index (χ2n) is 5.61. The smallest absolute Gasteiger partial charge is 0.406 e. The fourth-order valence-corrected chi connectivity index (χ4v) is 1.96. The molecule has 1 atom stereocenters. The van der Waals surface area contributed by atoms with Crippen LogP contribution in [0.5, 0.6) is 5.75 Å². The highest BCUT2D eigenvalue weighted by molar-refractivity contribution is 5.76. The number of hydrogen-bond donors (Lipinski definition) is 2. The standard InChI is InChI=1S/C16H22F3NO3/c1-11(2)13(21)9-10-20-15(22)8-7-12-5-3-4-6-14(12)23-16(17,18)19/h3-6,11,13,21H,7-10H2,1-2H3,(H,20,22)/t13-/m0/s1. The molecule has 1 aromatic carbocycles. The lowest BCUT2D eigenvalue weighted by atomic mass is 10.0. The number of halogens is 3. The van der Waals surface area contributed by atoms with Crippen molar-refractivity contribution in [1.82, 2.24) is 5.32 Å². The third-order valence-electron chi connectivity index (χ3n) is 3.35. The van der Waals surface area contributed by atoms with Crippen LogP contribution in [0.4, 0.5) is 13.2 Å². The van der Waals surface area contributed by atoms with E-state index in [-0.39, 0.29) is 30.4 Å². The third-order valence-corrected chi connectivity index (χ3v) is 3.35. The maximum absolute atomic E-state index is 12.3. The molecule has 130 valence electrons. The quantitative estimate of drug-likeness (QED) is 0.769. The van der Waals surface area contributed by atoms with Crippen LogP contribution in [0.3, 0.4) is 0 Å². The molecule has 0 aromatic heterocycles. The molecule has 4 nitrogen and oxygen atoms in total. The van der Waals surface area contributed by atoms with Crippen LogP contribution in [0.2, 0.25) is 0 Å². The Labute approximate surface area is 133 Å². The predicted octanol–water partition coefficient (Wildman–Crippen LogP) is 3.04. The molecule has 0 aliphatic carbocycles. The largest absolute Gasteiger partial charge is 0.573 e.